The first-order valence-corrected chi connectivity index (χ1v) is 20.9. The first-order valence-electron chi connectivity index (χ1n) is 20.9. The molecule has 0 spiro atoms. The first kappa shape index (κ1) is 38.0. The maximum absolute atomic E-state index is 1.56. The Balaban J connectivity index is 0.000000175. The summed E-state index contributed by atoms with van der Waals surface area (Å²) in [5, 5.41) is 0. The summed E-state index contributed by atoms with van der Waals surface area (Å²) in [6.07, 6.45) is 55.3. The van der Waals surface area contributed by atoms with Crippen molar-refractivity contribution in [3.8, 4) is 0 Å². The summed E-state index contributed by atoms with van der Waals surface area (Å²) in [5.74, 6) is 6.73. The van der Waals surface area contributed by atoms with Gasteiger partial charge in [-0.2, -0.15) is 0 Å². The molecule has 6 saturated carbocycles. The summed E-state index contributed by atoms with van der Waals surface area (Å²) < 4.78 is 0. The fourth-order valence-corrected chi connectivity index (χ4v) is 10.7. The van der Waals surface area contributed by atoms with Crippen LogP contribution in [0.15, 0.2) is 0 Å². The molecule has 0 saturated heterocycles. The van der Waals surface area contributed by atoms with Gasteiger partial charge in [-0.3, -0.25) is 0 Å². The minimum Gasteiger partial charge on any atom is -0.0533 e. The van der Waals surface area contributed by atoms with Gasteiger partial charge in [0, 0.05) is 17.4 Å². The third-order valence-electron chi connectivity index (χ3n) is 13.4. The van der Waals surface area contributed by atoms with Crippen LogP contribution in [0.4, 0.5) is 0 Å². The quantitative estimate of drug-likeness (QED) is 0.271. The summed E-state index contributed by atoms with van der Waals surface area (Å²) in [7, 11) is 0. The minimum atomic E-state index is 0. The topological polar surface area (TPSA) is 0 Å². The van der Waals surface area contributed by atoms with Crippen LogP contribution in [0.2, 0.25) is 0 Å². The molecule has 0 radical (unpaired) electrons. The molecule has 0 atom stereocenters. The Morgan fingerprint density at radius 2 is 0.233 bits per heavy atom. The van der Waals surface area contributed by atoms with E-state index >= 15 is 0 Å². The molecule has 0 aromatic heterocycles. The van der Waals surface area contributed by atoms with Gasteiger partial charge in [-0.25, -0.2) is 0 Å². The van der Waals surface area contributed by atoms with Crippen molar-refractivity contribution in [1.82, 2.24) is 0 Å². The van der Waals surface area contributed by atoms with Gasteiger partial charge < -0.3 is 0 Å². The van der Waals surface area contributed by atoms with E-state index in [0.717, 1.165) is 35.5 Å². The summed E-state index contributed by atoms with van der Waals surface area (Å²) in [6, 6.07) is 0. The Bertz CT molecular complexity index is 441. The van der Waals surface area contributed by atoms with Crippen LogP contribution in [0.1, 0.15) is 231 Å². The van der Waals surface area contributed by atoms with Gasteiger partial charge in [0.1, 0.15) is 0 Å². The van der Waals surface area contributed by atoms with Crippen LogP contribution in [-0.2, 0) is 17.4 Å². The number of rotatable bonds is 3. The predicted octanol–water partition coefficient (Wildman–Crippen LogP) is 14.8. The van der Waals surface area contributed by atoms with Crippen molar-refractivity contribution in [2.75, 3.05) is 0 Å². The Kier molecular flexibility index (Phi) is 21.8. The molecule has 1 heteroatoms. The standard InChI is InChI=1S/3C14H26.Cr/c3*1-2-6-10-13(9-5-1)14-11-7-3-4-8-12-14;/h3*13-14H,1-12H2;. The molecule has 6 fully saturated rings. The Labute approximate surface area is 283 Å². The van der Waals surface area contributed by atoms with Gasteiger partial charge in [-0.15, -0.1) is 0 Å². The molecule has 6 aliphatic rings. The number of hydrogen-bond acceptors (Lipinski definition) is 0. The second-order valence-electron chi connectivity index (χ2n) is 16.5. The molecule has 252 valence electrons. The van der Waals surface area contributed by atoms with E-state index in [1.165, 1.54) is 154 Å². The first-order chi connectivity index (χ1) is 20.9. The van der Waals surface area contributed by atoms with E-state index in [0.29, 0.717) is 0 Å². The van der Waals surface area contributed by atoms with E-state index in [1.54, 1.807) is 77.0 Å². The Hall–Kier alpha value is 0.532. The van der Waals surface area contributed by atoms with Crippen molar-refractivity contribution in [3.05, 3.63) is 0 Å². The van der Waals surface area contributed by atoms with E-state index in [4.69, 9.17) is 0 Å². The van der Waals surface area contributed by atoms with Crippen molar-refractivity contribution in [3.63, 3.8) is 0 Å². The van der Waals surface area contributed by atoms with Crippen LogP contribution in [0.5, 0.6) is 0 Å². The van der Waals surface area contributed by atoms with Crippen molar-refractivity contribution < 1.29 is 17.4 Å². The van der Waals surface area contributed by atoms with Crippen LogP contribution >= 0.6 is 0 Å². The molecular formula is C42H78Cr. The van der Waals surface area contributed by atoms with Crippen LogP contribution in [0, 0.1) is 35.5 Å². The molecule has 6 rings (SSSR count). The van der Waals surface area contributed by atoms with Crippen molar-refractivity contribution in [2.45, 2.75) is 231 Å². The van der Waals surface area contributed by atoms with Crippen LogP contribution in [-0.4, -0.2) is 0 Å². The SMILES string of the molecule is C1CCCC(C2CCCCCC2)CC1.C1CCCC(C2CCCCCC2)CC1.C1CCCC(C2CCCCCC2)CC1.[Cr]. The molecule has 0 aromatic carbocycles. The molecule has 0 aromatic rings. The summed E-state index contributed by atoms with van der Waals surface area (Å²) in [5.41, 5.74) is 0. The number of hydrogen-bond donors (Lipinski definition) is 0. The molecule has 0 amide bonds. The maximum atomic E-state index is 1.56. The summed E-state index contributed by atoms with van der Waals surface area (Å²) in [6.45, 7) is 0. The Morgan fingerprint density at radius 3 is 0.326 bits per heavy atom. The second kappa shape index (κ2) is 24.7. The van der Waals surface area contributed by atoms with Crippen LogP contribution < -0.4 is 0 Å². The third-order valence-corrected chi connectivity index (χ3v) is 13.4. The Morgan fingerprint density at radius 1 is 0.140 bits per heavy atom. The molecule has 0 N–H and O–H groups in total. The maximum Gasteiger partial charge on any atom is 0 e. The van der Waals surface area contributed by atoms with Gasteiger partial charge in [-0.05, 0) is 35.5 Å². The molecule has 0 nitrogen and oxygen atoms in total. The fourth-order valence-electron chi connectivity index (χ4n) is 10.7. The summed E-state index contributed by atoms with van der Waals surface area (Å²) in [4.78, 5) is 0. The molecule has 0 aliphatic heterocycles. The third kappa shape index (κ3) is 15.8. The van der Waals surface area contributed by atoms with Crippen molar-refractivity contribution in [1.29, 1.82) is 0 Å². The van der Waals surface area contributed by atoms with E-state index in [2.05, 4.69) is 0 Å². The van der Waals surface area contributed by atoms with Gasteiger partial charge in [-0.1, -0.05) is 231 Å². The van der Waals surface area contributed by atoms with Crippen molar-refractivity contribution >= 4 is 0 Å². The molecule has 6 aliphatic carbocycles. The predicted molar refractivity (Wildman–Crippen MR) is 187 cm³/mol. The zero-order valence-corrected chi connectivity index (χ0v) is 30.6. The van der Waals surface area contributed by atoms with E-state index in [-0.39, 0.29) is 17.4 Å². The van der Waals surface area contributed by atoms with Gasteiger partial charge >= 0.3 is 0 Å². The molecule has 0 unspecified atom stereocenters. The van der Waals surface area contributed by atoms with Crippen molar-refractivity contribution in [2.24, 2.45) is 35.5 Å². The zero-order chi connectivity index (χ0) is 28.9. The van der Waals surface area contributed by atoms with E-state index < -0.39 is 0 Å². The molecule has 43 heavy (non-hydrogen) atoms. The van der Waals surface area contributed by atoms with Crippen LogP contribution in [0.25, 0.3) is 0 Å². The van der Waals surface area contributed by atoms with Gasteiger partial charge in [0.2, 0.25) is 0 Å². The molecule has 0 heterocycles. The largest absolute Gasteiger partial charge is 0.0533 e. The zero-order valence-electron chi connectivity index (χ0n) is 29.3. The van der Waals surface area contributed by atoms with E-state index in [1.807, 2.05) is 0 Å². The van der Waals surface area contributed by atoms with Gasteiger partial charge in [0.25, 0.3) is 0 Å². The average molecular weight is 635 g/mol. The minimum absolute atomic E-state index is 0. The van der Waals surface area contributed by atoms with Gasteiger partial charge in [0.15, 0.2) is 0 Å². The van der Waals surface area contributed by atoms with Crippen LogP contribution in [0.3, 0.4) is 0 Å². The fraction of sp³-hybridized carbons (Fsp3) is 1.00. The molecule has 0 bridgehead atoms. The second-order valence-corrected chi connectivity index (χ2v) is 16.5. The van der Waals surface area contributed by atoms with Gasteiger partial charge in [0.05, 0.1) is 0 Å². The summed E-state index contributed by atoms with van der Waals surface area (Å²) >= 11 is 0. The monoisotopic (exact) mass is 635 g/mol. The average Bonchev–Trinajstić information content (AvgIpc) is 3.73. The molecular weight excluding hydrogens is 556 g/mol. The normalized spacial score (nSPS) is 27.6. The van der Waals surface area contributed by atoms with E-state index in [9.17, 15) is 0 Å². The smallest absolute Gasteiger partial charge is 0 e.